The lowest BCUT2D eigenvalue weighted by Gasteiger charge is -2.15. The second kappa shape index (κ2) is 11.8. The van der Waals surface area contributed by atoms with E-state index in [1.165, 1.54) is 13.2 Å². The maximum atomic E-state index is 13.0. The van der Waals surface area contributed by atoms with E-state index in [2.05, 4.69) is 16.4 Å². The van der Waals surface area contributed by atoms with Crippen LogP contribution < -0.4 is 21.1 Å². The Bertz CT molecular complexity index is 886. The number of ether oxygens (including phenoxy) is 1. The van der Waals surface area contributed by atoms with Gasteiger partial charge < -0.3 is 21.1 Å². The Morgan fingerprint density at radius 2 is 1.74 bits per heavy atom. The maximum Gasteiger partial charge on any atom is 0.416 e. The van der Waals surface area contributed by atoms with Crippen LogP contribution in [0.25, 0.3) is 0 Å². The van der Waals surface area contributed by atoms with Gasteiger partial charge in [0.25, 0.3) is 0 Å². The van der Waals surface area contributed by atoms with E-state index in [0.717, 1.165) is 17.7 Å². The molecule has 4 N–H and O–H groups in total. The SMILES string of the molecule is CCC(N)=O.CCNC(=O)C(C)c1cccc(Nc2cc(OC)cc(C(F)(F)F)c2)c1. The number of amides is 2. The molecule has 2 amide bonds. The predicted octanol–water partition coefficient (Wildman–Crippen LogP) is 4.58. The van der Waals surface area contributed by atoms with Gasteiger partial charge in [0, 0.05) is 30.4 Å². The number of hydrogen-bond acceptors (Lipinski definition) is 4. The van der Waals surface area contributed by atoms with Crippen LogP contribution in [0, 0.1) is 0 Å². The zero-order valence-corrected chi connectivity index (χ0v) is 18.0. The Morgan fingerprint density at radius 1 is 1.10 bits per heavy atom. The number of benzene rings is 2. The van der Waals surface area contributed by atoms with Crippen LogP contribution in [0.1, 0.15) is 44.2 Å². The monoisotopic (exact) mass is 439 g/mol. The first-order chi connectivity index (χ1) is 14.5. The van der Waals surface area contributed by atoms with Gasteiger partial charge in [-0.1, -0.05) is 19.1 Å². The highest BCUT2D eigenvalue weighted by Crippen LogP contribution is 2.35. The van der Waals surface area contributed by atoms with Gasteiger partial charge in [-0.25, -0.2) is 0 Å². The lowest BCUT2D eigenvalue weighted by Crippen LogP contribution is -2.27. The highest BCUT2D eigenvalue weighted by Gasteiger charge is 2.31. The van der Waals surface area contributed by atoms with E-state index in [1.54, 1.807) is 38.1 Å². The van der Waals surface area contributed by atoms with E-state index in [0.29, 0.717) is 18.7 Å². The van der Waals surface area contributed by atoms with Crippen molar-refractivity contribution in [1.82, 2.24) is 5.32 Å². The Balaban J connectivity index is 0.000000861. The van der Waals surface area contributed by atoms with Crippen LogP contribution in [0.3, 0.4) is 0 Å². The molecule has 0 fully saturated rings. The number of primary amides is 1. The lowest BCUT2D eigenvalue weighted by molar-refractivity contribution is -0.137. The average molecular weight is 439 g/mol. The molecule has 0 saturated heterocycles. The number of rotatable bonds is 7. The molecular weight excluding hydrogens is 411 g/mol. The largest absolute Gasteiger partial charge is 0.497 e. The average Bonchev–Trinajstić information content (AvgIpc) is 2.73. The van der Waals surface area contributed by atoms with Crippen molar-refractivity contribution in [2.45, 2.75) is 39.3 Å². The van der Waals surface area contributed by atoms with Gasteiger partial charge in [0.05, 0.1) is 18.6 Å². The second-order valence-electron chi connectivity index (χ2n) is 6.63. The number of nitrogens with two attached hydrogens (primary N) is 1. The molecule has 0 aliphatic carbocycles. The summed E-state index contributed by atoms with van der Waals surface area (Å²) in [7, 11) is 1.31. The van der Waals surface area contributed by atoms with Crippen molar-refractivity contribution in [1.29, 1.82) is 0 Å². The first-order valence-electron chi connectivity index (χ1n) is 9.71. The third kappa shape index (κ3) is 8.57. The Morgan fingerprint density at radius 3 is 2.26 bits per heavy atom. The maximum absolute atomic E-state index is 13.0. The molecule has 6 nitrogen and oxygen atoms in total. The number of methoxy groups -OCH3 is 1. The Kier molecular flexibility index (Phi) is 9.85. The van der Waals surface area contributed by atoms with E-state index in [9.17, 15) is 22.8 Å². The minimum atomic E-state index is -4.47. The summed E-state index contributed by atoms with van der Waals surface area (Å²) in [6, 6.07) is 10.5. The fraction of sp³-hybridized carbons (Fsp3) is 0.364. The van der Waals surface area contributed by atoms with Crippen molar-refractivity contribution in [3.05, 3.63) is 53.6 Å². The molecule has 0 saturated carbocycles. The Labute approximate surface area is 180 Å². The molecule has 0 spiro atoms. The van der Waals surface area contributed by atoms with Crippen LogP contribution in [0.2, 0.25) is 0 Å². The first kappa shape index (κ1) is 25.8. The van der Waals surface area contributed by atoms with Crippen molar-refractivity contribution in [3.8, 4) is 5.75 Å². The molecule has 0 radical (unpaired) electrons. The minimum Gasteiger partial charge on any atom is -0.497 e. The summed E-state index contributed by atoms with van der Waals surface area (Å²) >= 11 is 0. The van der Waals surface area contributed by atoms with E-state index >= 15 is 0 Å². The minimum absolute atomic E-state index is 0.106. The number of carbonyl (C=O) groups excluding carboxylic acids is 2. The number of anilines is 2. The molecule has 2 rings (SSSR count). The standard InChI is InChI=1S/C19H21F3N2O2.C3H7NO/c1-4-23-18(25)12(2)13-6-5-7-15(8-13)24-16-9-14(19(20,21)22)10-17(11-16)26-3;1-2-3(4)5/h5-12,24H,4H2,1-3H3,(H,23,25);2H2,1H3,(H2,4,5). The van der Waals surface area contributed by atoms with E-state index < -0.39 is 11.7 Å². The summed E-state index contributed by atoms with van der Waals surface area (Å²) in [5, 5.41) is 5.70. The van der Waals surface area contributed by atoms with Gasteiger partial charge in [0.1, 0.15) is 5.75 Å². The van der Waals surface area contributed by atoms with Crippen LogP contribution in [-0.4, -0.2) is 25.5 Å². The van der Waals surface area contributed by atoms with Gasteiger partial charge in [-0.15, -0.1) is 0 Å². The summed E-state index contributed by atoms with van der Waals surface area (Å²) in [6.45, 7) is 5.87. The molecular formula is C22H28F3N3O3. The Hall–Kier alpha value is -3.23. The fourth-order valence-electron chi connectivity index (χ4n) is 2.48. The first-order valence-corrected chi connectivity index (χ1v) is 9.71. The van der Waals surface area contributed by atoms with Gasteiger partial charge in [-0.3, -0.25) is 9.59 Å². The van der Waals surface area contributed by atoms with Crippen molar-refractivity contribution < 1.29 is 27.5 Å². The summed E-state index contributed by atoms with van der Waals surface area (Å²) in [4.78, 5) is 21.6. The van der Waals surface area contributed by atoms with Crippen molar-refractivity contribution in [3.63, 3.8) is 0 Å². The van der Waals surface area contributed by atoms with E-state index in [4.69, 9.17) is 4.74 Å². The molecule has 2 aromatic carbocycles. The highest BCUT2D eigenvalue weighted by molar-refractivity contribution is 5.83. The highest BCUT2D eigenvalue weighted by atomic mass is 19.4. The molecule has 1 unspecified atom stereocenters. The van der Waals surface area contributed by atoms with Gasteiger partial charge in [0.2, 0.25) is 11.8 Å². The van der Waals surface area contributed by atoms with Crippen molar-refractivity contribution in [2.24, 2.45) is 5.73 Å². The molecule has 170 valence electrons. The molecule has 0 aliphatic rings. The number of likely N-dealkylation sites (N-methyl/N-ethyl adjacent to an activating group) is 1. The third-order valence-electron chi connectivity index (χ3n) is 4.24. The molecule has 0 heterocycles. The summed E-state index contributed by atoms with van der Waals surface area (Å²) in [6.07, 6.45) is -4.03. The zero-order chi connectivity index (χ0) is 23.6. The summed E-state index contributed by atoms with van der Waals surface area (Å²) < 4.78 is 44.0. The van der Waals surface area contributed by atoms with Crippen molar-refractivity contribution >= 4 is 23.2 Å². The van der Waals surface area contributed by atoms with Crippen LogP contribution in [0.4, 0.5) is 24.5 Å². The quantitative estimate of drug-likeness (QED) is 0.589. The van der Waals surface area contributed by atoms with Gasteiger partial charge in [0.15, 0.2) is 0 Å². The topological polar surface area (TPSA) is 93.5 Å². The van der Waals surface area contributed by atoms with Crippen LogP contribution in [0.15, 0.2) is 42.5 Å². The van der Waals surface area contributed by atoms with Gasteiger partial charge >= 0.3 is 6.18 Å². The zero-order valence-electron chi connectivity index (χ0n) is 18.0. The molecule has 2 aromatic rings. The van der Waals surface area contributed by atoms with Crippen molar-refractivity contribution in [2.75, 3.05) is 19.0 Å². The molecule has 31 heavy (non-hydrogen) atoms. The normalized spacial score (nSPS) is 11.6. The molecule has 1 atom stereocenters. The van der Waals surface area contributed by atoms with E-state index in [-0.39, 0.29) is 29.2 Å². The number of hydrogen-bond donors (Lipinski definition) is 3. The molecule has 9 heteroatoms. The summed E-state index contributed by atoms with van der Waals surface area (Å²) in [5.41, 5.74) is 5.45. The van der Waals surface area contributed by atoms with Gasteiger partial charge in [-0.2, -0.15) is 13.2 Å². The van der Waals surface area contributed by atoms with Crippen LogP contribution in [0.5, 0.6) is 5.75 Å². The molecule has 0 aromatic heterocycles. The predicted molar refractivity (Wildman–Crippen MR) is 114 cm³/mol. The number of halogens is 3. The van der Waals surface area contributed by atoms with Crippen LogP contribution in [-0.2, 0) is 15.8 Å². The molecule has 0 bridgehead atoms. The summed E-state index contributed by atoms with van der Waals surface area (Å²) in [5.74, 6) is -0.614. The van der Waals surface area contributed by atoms with Gasteiger partial charge in [-0.05, 0) is 43.7 Å². The lowest BCUT2D eigenvalue weighted by atomic mass is 9.99. The molecule has 0 aliphatic heterocycles. The van der Waals surface area contributed by atoms with E-state index in [1.807, 2.05) is 6.92 Å². The number of carbonyl (C=O) groups is 2. The number of nitrogens with one attached hydrogen (secondary N) is 2. The van der Waals surface area contributed by atoms with Crippen LogP contribution >= 0.6 is 0 Å². The fourth-order valence-corrected chi connectivity index (χ4v) is 2.48. The third-order valence-corrected chi connectivity index (χ3v) is 4.24. The smallest absolute Gasteiger partial charge is 0.416 e. The number of alkyl halides is 3. The second-order valence-corrected chi connectivity index (χ2v) is 6.63.